The molecule has 0 aliphatic carbocycles. The Kier molecular flexibility index (Phi) is 8.64. The van der Waals surface area contributed by atoms with E-state index in [0.29, 0.717) is 0 Å². The van der Waals surface area contributed by atoms with E-state index in [0.717, 1.165) is 0 Å². The molecule has 33 heavy (non-hydrogen) atoms. The third-order valence-corrected chi connectivity index (χ3v) is 4.19. The van der Waals surface area contributed by atoms with Crippen molar-refractivity contribution in [2.45, 2.75) is 68.9 Å². The Morgan fingerprint density at radius 3 is 1.30 bits per heavy atom. The Morgan fingerprint density at radius 1 is 0.576 bits per heavy atom. The van der Waals surface area contributed by atoms with Gasteiger partial charge in [0.25, 0.3) is 0 Å². The maximum atomic E-state index is 13.7. The number of rotatable bonds is 9. The van der Waals surface area contributed by atoms with E-state index in [1.54, 1.807) is 26.1 Å². The zero-order valence-electron chi connectivity index (χ0n) is 16.7. The highest BCUT2D eigenvalue weighted by molar-refractivity contribution is 7.80. The van der Waals surface area contributed by atoms with Crippen molar-refractivity contribution in [2.24, 2.45) is 5.41 Å². The molecule has 0 aliphatic rings. The lowest BCUT2D eigenvalue weighted by molar-refractivity contribution is -0.452. The van der Waals surface area contributed by atoms with Crippen molar-refractivity contribution in [2.75, 3.05) is 13.1 Å². The molecule has 0 aliphatic heterocycles. The predicted octanol–water partition coefficient (Wildman–Crippen LogP) is 6.26. The van der Waals surface area contributed by atoms with Crippen molar-refractivity contribution < 1.29 is 65.9 Å². The fraction of sp³-hybridized carbons (Fsp3) is 0.933. The van der Waals surface area contributed by atoms with E-state index >= 15 is 0 Å². The molecule has 0 saturated carbocycles. The molecule has 2 nitrogen and oxygen atoms in total. The van der Waals surface area contributed by atoms with E-state index in [2.05, 4.69) is 17.5 Å². The van der Waals surface area contributed by atoms with Crippen molar-refractivity contribution in [3.8, 4) is 0 Å². The number of hydrogen-bond donors (Lipinski definition) is 2. The van der Waals surface area contributed by atoms with E-state index < -0.39 is 65.2 Å². The summed E-state index contributed by atoms with van der Waals surface area (Å²) in [5.41, 5.74) is -0.444. The van der Waals surface area contributed by atoms with Crippen molar-refractivity contribution in [3.05, 3.63) is 0 Å². The van der Waals surface area contributed by atoms with Crippen LogP contribution in [0.15, 0.2) is 0 Å². The second kappa shape index (κ2) is 9.02. The number of halogens is 15. The van der Waals surface area contributed by atoms with E-state index in [4.69, 9.17) is 0 Å². The smallest absolute Gasteiger partial charge is 0.363 e. The second-order valence-electron chi connectivity index (χ2n) is 7.99. The summed E-state index contributed by atoms with van der Waals surface area (Å²) < 4.78 is 196. The molecule has 0 spiro atoms. The van der Waals surface area contributed by atoms with Crippen LogP contribution in [0.25, 0.3) is 0 Å². The van der Waals surface area contributed by atoms with Crippen LogP contribution in [-0.2, 0) is 0 Å². The summed E-state index contributed by atoms with van der Waals surface area (Å²) in [5.74, 6) is -46.4. The highest BCUT2D eigenvalue weighted by atomic mass is 32.1. The quantitative estimate of drug-likeness (QED) is 0.266. The first kappa shape index (κ1) is 31.6. The number of alkyl halides is 15. The molecular formula is C15H17F15N2S. The second-order valence-corrected chi connectivity index (χ2v) is 8.40. The normalized spacial score (nSPS) is 15.5. The zero-order chi connectivity index (χ0) is 27.1. The number of thiocarbonyl (C=S) groups is 1. The van der Waals surface area contributed by atoms with E-state index in [1.165, 1.54) is 0 Å². The Balaban J connectivity index is 5.79. The Labute approximate surface area is 182 Å². The van der Waals surface area contributed by atoms with Crippen LogP contribution in [0.2, 0.25) is 0 Å². The van der Waals surface area contributed by atoms with Crippen LogP contribution in [0.3, 0.4) is 0 Å². The molecule has 18 heteroatoms. The fourth-order valence-corrected chi connectivity index (χ4v) is 2.07. The van der Waals surface area contributed by atoms with Crippen molar-refractivity contribution >= 4 is 17.3 Å². The minimum atomic E-state index is -8.27. The molecular weight excluding hydrogens is 525 g/mol. The van der Waals surface area contributed by atoms with Crippen molar-refractivity contribution in [1.82, 2.24) is 10.6 Å². The first-order valence-electron chi connectivity index (χ1n) is 8.45. The van der Waals surface area contributed by atoms with E-state index in [9.17, 15) is 65.9 Å². The SMILES string of the molecule is CC(C)(C)CNC(=S)NCCC(F)(F)C(F)(F)C(F)(F)C(F)(F)C(F)(F)C(F)(F)C(F)(F)F. The van der Waals surface area contributed by atoms with Crippen molar-refractivity contribution in [1.29, 1.82) is 0 Å². The highest BCUT2D eigenvalue weighted by Crippen LogP contribution is 2.62. The van der Waals surface area contributed by atoms with Crippen molar-refractivity contribution in [3.63, 3.8) is 0 Å². The lowest BCUT2D eigenvalue weighted by Gasteiger charge is -2.41. The van der Waals surface area contributed by atoms with Gasteiger partial charge in [0.1, 0.15) is 0 Å². The molecule has 2 N–H and O–H groups in total. The van der Waals surface area contributed by atoms with E-state index in [1.807, 2.05) is 0 Å². The Hall–Kier alpha value is -1.36. The van der Waals surface area contributed by atoms with Gasteiger partial charge in [0.2, 0.25) is 0 Å². The molecule has 0 aromatic carbocycles. The van der Waals surface area contributed by atoms with Crippen LogP contribution in [-0.4, -0.2) is 59.9 Å². The molecule has 0 fully saturated rings. The molecule has 0 unspecified atom stereocenters. The molecule has 0 saturated heterocycles. The lowest BCUT2D eigenvalue weighted by atomic mass is 9.90. The van der Waals surface area contributed by atoms with Crippen LogP contribution >= 0.6 is 12.2 Å². The van der Waals surface area contributed by atoms with Gasteiger partial charge in [-0.1, -0.05) is 20.8 Å². The first-order valence-corrected chi connectivity index (χ1v) is 8.86. The largest absolute Gasteiger partial charge is 0.460 e. The van der Waals surface area contributed by atoms with Crippen LogP contribution in [0.5, 0.6) is 0 Å². The van der Waals surface area contributed by atoms with Gasteiger partial charge in [-0.15, -0.1) is 0 Å². The van der Waals surface area contributed by atoms with E-state index in [-0.39, 0.29) is 6.54 Å². The summed E-state index contributed by atoms with van der Waals surface area (Å²) in [4.78, 5) is 0. The third kappa shape index (κ3) is 5.83. The van der Waals surface area contributed by atoms with Gasteiger partial charge in [-0.05, 0) is 17.6 Å². The molecule has 0 atom stereocenters. The molecule has 0 bridgehead atoms. The number of nitrogens with one attached hydrogen (secondary N) is 2. The summed E-state index contributed by atoms with van der Waals surface area (Å²) in [5, 5.41) is 3.70. The number of hydrogen-bond acceptors (Lipinski definition) is 1. The standard InChI is InChI=1S/C15H17F15N2S/c1-8(2,3)6-32-7(33)31-5-4-9(16,17)10(18,19)11(20,21)12(22,23)13(24,25)14(26,27)15(28,29)30/h4-6H2,1-3H3,(H2,31,32,33). The minimum Gasteiger partial charge on any atom is -0.363 e. The van der Waals surface area contributed by atoms with Crippen LogP contribution in [0.1, 0.15) is 27.2 Å². The van der Waals surface area contributed by atoms with Crippen LogP contribution < -0.4 is 10.6 Å². The van der Waals surface area contributed by atoms with Gasteiger partial charge in [-0.3, -0.25) is 0 Å². The van der Waals surface area contributed by atoms with Crippen LogP contribution in [0.4, 0.5) is 65.9 Å². The molecule has 198 valence electrons. The zero-order valence-corrected chi connectivity index (χ0v) is 17.5. The highest BCUT2D eigenvalue weighted by Gasteiger charge is 2.93. The third-order valence-electron chi connectivity index (χ3n) is 3.90. The minimum absolute atomic E-state index is 0.0815. The molecule has 0 radical (unpaired) electrons. The van der Waals surface area contributed by atoms with Gasteiger partial charge in [-0.25, -0.2) is 0 Å². The van der Waals surface area contributed by atoms with Gasteiger partial charge in [0.05, 0.1) is 0 Å². The topological polar surface area (TPSA) is 24.1 Å². The summed E-state index contributed by atoms with van der Waals surface area (Å²) in [6, 6.07) is 0. The average Bonchev–Trinajstić information content (AvgIpc) is 2.57. The fourth-order valence-electron chi connectivity index (χ4n) is 1.90. The monoisotopic (exact) mass is 542 g/mol. The molecule has 0 aromatic heterocycles. The average molecular weight is 542 g/mol. The Morgan fingerprint density at radius 2 is 0.939 bits per heavy atom. The molecule has 0 aromatic rings. The summed E-state index contributed by atoms with van der Waals surface area (Å²) in [6.07, 6.45) is -10.1. The maximum Gasteiger partial charge on any atom is 0.460 e. The summed E-state index contributed by atoms with van der Waals surface area (Å²) in [6.45, 7) is 3.64. The maximum absolute atomic E-state index is 13.7. The van der Waals surface area contributed by atoms with Gasteiger partial charge >= 0.3 is 41.7 Å². The van der Waals surface area contributed by atoms with Gasteiger partial charge in [0, 0.05) is 19.5 Å². The summed E-state index contributed by atoms with van der Waals surface area (Å²) >= 11 is 4.55. The Bertz CT molecular complexity index is 694. The molecule has 0 heterocycles. The first-order chi connectivity index (χ1) is 14.1. The summed E-state index contributed by atoms with van der Waals surface area (Å²) in [7, 11) is 0. The van der Waals surface area contributed by atoms with Gasteiger partial charge in [0.15, 0.2) is 5.11 Å². The molecule has 0 rings (SSSR count). The molecule has 0 amide bonds. The van der Waals surface area contributed by atoms with Gasteiger partial charge in [-0.2, -0.15) is 65.9 Å². The van der Waals surface area contributed by atoms with Gasteiger partial charge < -0.3 is 10.6 Å². The van der Waals surface area contributed by atoms with Crippen LogP contribution in [0, 0.1) is 5.41 Å². The predicted molar refractivity (Wildman–Crippen MR) is 88.4 cm³/mol. The lowest BCUT2D eigenvalue weighted by Crippen LogP contribution is -2.72.